The molecule has 2 rings (SSSR count). The molecule has 6 heteroatoms. The first kappa shape index (κ1) is 16.4. The summed E-state index contributed by atoms with van der Waals surface area (Å²) in [6, 6.07) is 6.13. The molecule has 5 nitrogen and oxygen atoms in total. The highest BCUT2D eigenvalue weighted by molar-refractivity contribution is 5.89. The third-order valence-electron chi connectivity index (χ3n) is 3.85. The molecule has 1 fully saturated rings. The second kappa shape index (κ2) is 7.35. The highest BCUT2D eigenvalue weighted by Crippen LogP contribution is 2.16. The molecule has 1 aromatic rings. The maximum atomic E-state index is 13.3. The average Bonchev–Trinajstić information content (AvgIpc) is 2.54. The number of halogens is 1. The molecule has 1 aliphatic rings. The van der Waals surface area contributed by atoms with Crippen LogP contribution in [0.3, 0.4) is 0 Å². The molecule has 1 amide bonds. The Bertz CT molecular complexity index is 533. The lowest BCUT2D eigenvalue weighted by Crippen LogP contribution is -2.49. The Kier molecular flexibility index (Phi) is 5.49. The number of benzene rings is 1. The van der Waals surface area contributed by atoms with Crippen LogP contribution in [0.25, 0.3) is 0 Å². The number of nitrogens with one attached hydrogen (secondary N) is 2. The number of rotatable bonds is 4. The van der Waals surface area contributed by atoms with Crippen molar-refractivity contribution in [3.8, 4) is 0 Å². The summed E-state index contributed by atoms with van der Waals surface area (Å²) in [7, 11) is 1.33. The number of carbonyl (C=O) groups excluding carboxylic acids is 2. The number of alkyl halides is 1. The Morgan fingerprint density at radius 3 is 2.64 bits per heavy atom. The first-order chi connectivity index (χ1) is 10.5. The second-order valence-corrected chi connectivity index (χ2v) is 5.47. The first-order valence-electron chi connectivity index (χ1n) is 7.37. The lowest BCUT2D eigenvalue weighted by molar-refractivity contribution is -0.124. The van der Waals surface area contributed by atoms with Crippen LogP contribution in [0.15, 0.2) is 24.3 Å². The number of piperidine rings is 1. The highest BCUT2D eigenvalue weighted by atomic mass is 19.1. The van der Waals surface area contributed by atoms with Crippen molar-refractivity contribution in [3.05, 3.63) is 35.4 Å². The molecule has 0 aliphatic carbocycles. The van der Waals surface area contributed by atoms with Gasteiger partial charge in [-0.15, -0.1) is 0 Å². The summed E-state index contributed by atoms with van der Waals surface area (Å²) in [4.78, 5) is 23.5. The van der Waals surface area contributed by atoms with Gasteiger partial charge in [0.25, 0.3) is 0 Å². The molecule has 1 saturated heterocycles. The van der Waals surface area contributed by atoms with Crippen LogP contribution >= 0.6 is 0 Å². The number of methoxy groups -OCH3 is 1. The van der Waals surface area contributed by atoms with Gasteiger partial charge in [-0.05, 0) is 37.6 Å². The van der Waals surface area contributed by atoms with E-state index in [1.54, 1.807) is 24.3 Å². The molecule has 3 atom stereocenters. The number of esters is 1. The van der Waals surface area contributed by atoms with Crippen molar-refractivity contribution < 1.29 is 18.7 Å². The van der Waals surface area contributed by atoms with E-state index in [4.69, 9.17) is 0 Å². The van der Waals surface area contributed by atoms with E-state index in [0.29, 0.717) is 18.5 Å². The van der Waals surface area contributed by atoms with Crippen LogP contribution < -0.4 is 10.6 Å². The third-order valence-corrected chi connectivity index (χ3v) is 3.85. The van der Waals surface area contributed by atoms with Crippen LogP contribution in [0.4, 0.5) is 4.39 Å². The van der Waals surface area contributed by atoms with Crippen LogP contribution in [-0.2, 0) is 9.53 Å². The topological polar surface area (TPSA) is 67.4 Å². The van der Waals surface area contributed by atoms with Crippen molar-refractivity contribution in [2.75, 3.05) is 13.7 Å². The molecular formula is C16H21FN2O3. The molecular weight excluding hydrogens is 287 g/mol. The van der Waals surface area contributed by atoms with Gasteiger partial charge in [-0.1, -0.05) is 12.1 Å². The van der Waals surface area contributed by atoms with Gasteiger partial charge in [-0.3, -0.25) is 4.79 Å². The number of hydrogen-bond acceptors (Lipinski definition) is 4. The SMILES string of the molecule is COC(=O)c1ccc(C(C)NC(=O)C2CC(F)CCN2)cc1. The average molecular weight is 308 g/mol. The van der Waals surface area contributed by atoms with Gasteiger partial charge in [-0.25, -0.2) is 9.18 Å². The van der Waals surface area contributed by atoms with Crippen molar-refractivity contribution in [1.82, 2.24) is 10.6 Å². The minimum absolute atomic E-state index is 0.202. The van der Waals surface area contributed by atoms with Gasteiger partial charge in [0.05, 0.1) is 24.8 Å². The maximum Gasteiger partial charge on any atom is 0.337 e. The standard InChI is InChI=1S/C16H21FN2O3/c1-10(11-3-5-12(6-4-11)16(21)22-2)19-15(20)14-9-13(17)7-8-18-14/h3-6,10,13-14,18H,7-9H2,1-2H3,(H,19,20). The van der Waals surface area contributed by atoms with Crippen molar-refractivity contribution >= 4 is 11.9 Å². The van der Waals surface area contributed by atoms with E-state index in [0.717, 1.165) is 5.56 Å². The number of hydrogen-bond donors (Lipinski definition) is 2. The van der Waals surface area contributed by atoms with Crippen LogP contribution in [0.2, 0.25) is 0 Å². The van der Waals surface area contributed by atoms with E-state index < -0.39 is 18.2 Å². The normalized spacial score (nSPS) is 22.7. The van der Waals surface area contributed by atoms with E-state index in [-0.39, 0.29) is 18.4 Å². The Balaban J connectivity index is 1.95. The predicted octanol–water partition coefficient (Wildman–Crippen LogP) is 1.74. The van der Waals surface area contributed by atoms with Gasteiger partial charge in [-0.2, -0.15) is 0 Å². The largest absolute Gasteiger partial charge is 0.465 e. The van der Waals surface area contributed by atoms with Crippen molar-refractivity contribution in [3.63, 3.8) is 0 Å². The molecule has 1 aliphatic heterocycles. The monoisotopic (exact) mass is 308 g/mol. The fourth-order valence-corrected chi connectivity index (χ4v) is 2.49. The second-order valence-electron chi connectivity index (χ2n) is 5.47. The van der Waals surface area contributed by atoms with E-state index >= 15 is 0 Å². The molecule has 0 radical (unpaired) electrons. The summed E-state index contributed by atoms with van der Waals surface area (Å²) in [5.41, 5.74) is 1.33. The summed E-state index contributed by atoms with van der Waals surface area (Å²) in [6.45, 7) is 2.36. The molecule has 2 N–H and O–H groups in total. The van der Waals surface area contributed by atoms with Gasteiger partial charge in [0.1, 0.15) is 6.17 Å². The van der Waals surface area contributed by atoms with Crippen LogP contribution in [0.5, 0.6) is 0 Å². The Morgan fingerprint density at radius 2 is 2.05 bits per heavy atom. The quantitative estimate of drug-likeness (QED) is 0.832. The van der Waals surface area contributed by atoms with Crippen LogP contribution in [0, 0.1) is 0 Å². The summed E-state index contributed by atoms with van der Waals surface area (Å²) in [6.07, 6.45) is -0.264. The van der Waals surface area contributed by atoms with Crippen molar-refractivity contribution in [1.29, 1.82) is 0 Å². The molecule has 120 valence electrons. The summed E-state index contributed by atoms with van der Waals surface area (Å²) >= 11 is 0. The number of amides is 1. The van der Waals surface area contributed by atoms with Gasteiger partial charge < -0.3 is 15.4 Å². The smallest absolute Gasteiger partial charge is 0.337 e. The minimum Gasteiger partial charge on any atom is -0.465 e. The summed E-state index contributed by atoms with van der Waals surface area (Å²) < 4.78 is 18.0. The molecule has 22 heavy (non-hydrogen) atoms. The van der Waals surface area contributed by atoms with E-state index in [1.165, 1.54) is 7.11 Å². The van der Waals surface area contributed by atoms with Crippen LogP contribution in [0.1, 0.15) is 41.7 Å². The molecule has 0 spiro atoms. The predicted molar refractivity (Wildman–Crippen MR) is 80.3 cm³/mol. The van der Waals surface area contributed by atoms with Gasteiger partial charge in [0.2, 0.25) is 5.91 Å². The van der Waals surface area contributed by atoms with Crippen molar-refractivity contribution in [2.45, 2.75) is 38.0 Å². The molecule has 1 heterocycles. The highest BCUT2D eigenvalue weighted by Gasteiger charge is 2.27. The number of ether oxygens (including phenoxy) is 1. The Labute approximate surface area is 129 Å². The molecule has 0 saturated carbocycles. The Morgan fingerprint density at radius 1 is 1.36 bits per heavy atom. The fourth-order valence-electron chi connectivity index (χ4n) is 2.49. The van der Waals surface area contributed by atoms with Gasteiger partial charge in [0, 0.05) is 6.42 Å². The maximum absolute atomic E-state index is 13.3. The molecule has 1 aromatic carbocycles. The van der Waals surface area contributed by atoms with Crippen LogP contribution in [-0.4, -0.2) is 37.7 Å². The fraction of sp³-hybridized carbons (Fsp3) is 0.500. The van der Waals surface area contributed by atoms with E-state index in [9.17, 15) is 14.0 Å². The lowest BCUT2D eigenvalue weighted by Gasteiger charge is -2.26. The van der Waals surface area contributed by atoms with Gasteiger partial charge >= 0.3 is 5.97 Å². The Hall–Kier alpha value is -1.95. The zero-order valence-electron chi connectivity index (χ0n) is 12.8. The van der Waals surface area contributed by atoms with Crippen molar-refractivity contribution in [2.24, 2.45) is 0 Å². The minimum atomic E-state index is -0.924. The van der Waals surface area contributed by atoms with Gasteiger partial charge in [0.15, 0.2) is 0 Å². The molecule has 0 aromatic heterocycles. The van der Waals surface area contributed by atoms with E-state index in [2.05, 4.69) is 15.4 Å². The zero-order chi connectivity index (χ0) is 16.1. The summed E-state index contributed by atoms with van der Waals surface area (Å²) in [5.74, 6) is -0.601. The molecule has 0 bridgehead atoms. The zero-order valence-corrected chi connectivity index (χ0v) is 12.8. The third kappa shape index (κ3) is 4.04. The molecule has 3 unspecified atom stereocenters. The first-order valence-corrected chi connectivity index (χ1v) is 7.37. The summed E-state index contributed by atoms with van der Waals surface area (Å²) in [5, 5.41) is 5.89. The lowest BCUT2D eigenvalue weighted by atomic mass is 10.0. The number of carbonyl (C=O) groups is 2. The van der Waals surface area contributed by atoms with E-state index in [1.807, 2.05) is 6.92 Å².